The average molecular weight is 759 g/mol. The Bertz CT molecular complexity index is 1730. The lowest BCUT2D eigenvalue weighted by Crippen LogP contribution is -2.60. The Morgan fingerprint density at radius 1 is 0.582 bits per heavy atom. The normalized spacial score (nSPS) is 12.8. The van der Waals surface area contributed by atoms with Crippen LogP contribution in [0.1, 0.15) is 29.5 Å². The van der Waals surface area contributed by atoms with Crippen LogP contribution in [-0.4, -0.2) is 96.9 Å². The molecule has 0 aliphatic carbocycles. The topological polar surface area (TPSA) is 285 Å². The summed E-state index contributed by atoms with van der Waals surface area (Å²) in [6, 6.07) is 21.7. The summed E-state index contributed by atoms with van der Waals surface area (Å²) in [4.78, 5) is 82.6. The van der Waals surface area contributed by atoms with E-state index >= 15 is 0 Å². The van der Waals surface area contributed by atoms with Gasteiger partial charge in [-0.3, -0.25) is 33.8 Å². The van der Waals surface area contributed by atoms with Crippen LogP contribution in [0.15, 0.2) is 96.0 Å². The standard InChI is InChI=1S/C38H50N10O7/c39-21-32(50)43-23-33(51)45-29(19-25-11-4-1-5-12-25)35(53)48-31(24-49)37(55)47-30(20-26-13-6-2-7-14-26)36(54)46-28(17-10-18-42-38(40)41)34(52)44-22-27-15-8-3-9-16-27/h1-9,11-16,28-31,49H,10,17-24,39H2,(H,43,50)(H,44,52)(H,45,51)(H,46,54)(H,47,55)(H,48,53)(H4,40,41,42)/t28-,29-,30-,31-/m0/s1. The number of rotatable bonds is 22. The number of hydrogen-bond donors (Lipinski definition) is 10. The highest BCUT2D eigenvalue weighted by atomic mass is 16.3. The van der Waals surface area contributed by atoms with Crippen molar-refractivity contribution in [3.05, 3.63) is 108 Å². The number of nitrogens with one attached hydrogen (secondary N) is 6. The Balaban J connectivity index is 1.79. The molecule has 0 radical (unpaired) electrons. The van der Waals surface area contributed by atoms with Crippen molar-refractivity contribution in [1.82, 2.24) is 31.9 Å². The van der Waals surface area contributed by atoms with Crippen molar-refractivity contribution in [3.63, 3.8) is 0 Å². The first-order valence-corrected chi connectivity index (χ1v) is 17.7. The van der Waals surface area contributed by atoms with Crippen molar-refractivity contribution in [3.8, 4) is 0 Å². The van der Waals surface area contributed by atoms with Crippen molar-refractivity contribution in [2.45, 2.75) is 56.4 Å². The van der Waals surface area contributed by atoms with E-state index in [9.17, 15) is 33.9 Å². The molecule has 0 heterocycles. The Kier molecular flexibility index (Phi) is 18.3. The molecular formula is C38H50N10O7. The first kappa shape index (κ1) is 43.1. The second kappa shape index (κ2) is 23.4. The number of carbonyl (C=O) groups excluding carboxylic acids is 6. The number of benzene rings is 3. The third-order valence-electron chi connectivity index (χ3n) is 8.18. The van der Waals surface area contributed by atoms with E-state index < -0.39 is 72.8 Å². The van der Waals surface area contributed by atoms with Gasteiger partial charge in [-0.05, 0) is 29.5 Å². The molecule has 0 aromatic heterocycles. The van der Waals surface area contributed by atoms with E-state index in [-0.39, 0.29) is 44.9 Å². The number of amides is 6. The van der Waals surface area contributed by atoms with Gasteiger partial charge < -0.3 is 54.2 Å². The molecule has 0 aliphatic rings. The zero-order chi connectivity index (χ0) is 40.0. The molecule has 17 heteroatoms. The molecule has 13 N–H and O–H groups in total. The van der Waals surface area contributed by atoms with Crippen molar-refractivity contribution in [2.24, 2.45) is 22.2 Å². The largest absolute Gasteiger partial charge is 0.394 e. The molecule has 6 amide bonds. The fourth-order valence-corrected chi connectivity index (χ4v) is 5.31. The molecule has 0 fully saturated rings. The van der Waals surface area contributed by atoms with Crippen molar-refractivity contribution in [1.29, 1.82) is 0 Å². The first-order valence-electron chi connectivity index (χ1n) is 17.7. The minimum atomic E-state index is -1.55. The number of aliphatic hydroxyl groups excluding tert-OH is 1. The highest BCUT2D eigenvalue weighted by Gasteiger charge is 2.31. The highest BCUT2D eigenvalue weighted by Crippen LogP contribution is 2.08. The van der Waals surface area contributed by atoms with Crippen LogP contribution in [0.2, 0.25) is 0 Å². The van der Waals surface area contributed by atoms with Crippen LogP contribution in [0.4, 0.5) is 0 Å². The molecule has 3 rings (SSSR count). The van der Waals surface area contributed by atoms with Gasteiger partial charge in [0.25, 0.3) is 0 Å². The van der Waals surface area contributed by atoms with E-state index in [0.717, 1.165) is 5.56 Å². The molecule has 0 aliphatic heterocycles. The molecule has 0 bridgehead atoms. The molecule has 17 nitrogen and oxygen atoms in total. The lowest BCUT2D eigenvalue weighted by Gasteiger charge is -2.26. The van der Waals surface area contributed by atoms with Crippen LogP contribution in [0.25, 0.3) is 0 Å². The fraction of sp³-hybridized carbons (Fsp3) is 0.342. The number of nitrogens with zero attached hydrogens (tertiary/aromatic N) is 1. The lowest BCUT2D eigenvalue weighted by molar-refractivity contribution is -0.135. The second-order valence-electron chi connectivity index (χ2n) is 12.5. The summed E-state index contributed by atoms with van der Waals surface area (Å²) in [5, 5.41) is 25.8. The Morgan fingerprint density at radius 2 is 1.05 bits per heavy atom. The molecule has 294 valence electrons. The summed E-state index contributed by atoms with van der Waals surface area (Å²) in [6.45, 7) is -1.23. The summed E-state index contributed by atoms with van der Waals surface area (Å²) < 4.78 is 0. The van der Waals surface area contributed by atoms with E-state index in [1.807, 2.05) is 30.3 Å². The predicted molar refractivity (Wildman–Crippen MR) is 205 cm³/mol. The molecule has 4 atom stereocenters. The maximum Gasteiger partial charge on any atom is 0.245 e. The molecule has 0 saturated heterocycles. The van der Waals surface area contributed by atoms with E-state index in [0.29, 0.717) is 17.5 Å². The van der Waals surface area contributed by atoms with Crippen LogP contribution in [0.5, 0.6) is 0 Å². The maximum absolute atomic E-state index is 13.9. The van der Waals surface area contributed by atoms with Crippen molar-refractivity contribution in [2.75, 3.05) is 26.2 Å². The SMILES string of the molecule is NCC(=O)NCC(=O)N[C@@H](Cc1ccccc1)C(=O)N[C@@H](CO)C(=O)N[C@@H](Cc1ccccc1)C(=O)N[C@@H](CCCN=C(N)N)C(=O)NCc1ccccc1. The summed E-state index contributed by atoms with van der Waals surface area (Å²) in [5.74, 6) is -4.26. The van der Waals surface area contributed by atoms with E-state index in [1.54, 1.807) is 60.7 Å². The Labute approximate surface area is 319 Å². The average Bonchev–Trinajstić information content (AvgIpc) is 3.19. The van der Waals surface area contributed by atoms with Gasteiger partial charge >= 0.3 is 0 Å². The number of aliphatic hydroxyl groups is 1. The Morgan fingerprint density at radius 3 is 1.56 bits per heavy atom. The zero-order valence-electron chi connectivity index (χ0n) is 30.4. The number of hydrogen-bond acceptors (Lipinski definition) is 9. The van der Waals surface area contributed by atoms with Gasteiger partial charge in [0.1, 0.15) is 24.2 Å². The molecule has 3 aromatic carbocycles. The van der Waals surface area contributed by atoms with Crippen molar-refractivity contribution < 1.29 is 33.9 Å². The zero-order valence-corrected chi connectivity index (χ0v) is 30.4. The first-order chi connectivity index (χ1) is 26.5. The summed E-state index contributed by atoms with van der Waals surface area (Å²) in [5.41, 5.74) is 18.4. The molecular weight excluding hydrogens is 708 g/mol. The quantitative estimate of drug-likeness (QED) is 0.0301. The number of nitrogens with two attached hydrogens (primary N) is 3. The lowest BCUT2D eigenvalue weighted by atomic mass is 10.0. The number of guanidine groups is 1. The van der Waals surface area contributed by atoms with Gasteiger partial charge in [0.15, 0.2) is 5.96 Å². The van der Waals surface area contributed by atoms with Crippen LogP contribution in [0, 0.1) is 0 Å². The van der Waals surface area contributed by atoms with Gasteiger partial charge in [0.05, 0.1) is 19.7 Å². The van der Waals surface area contributed by atoms with E-state index in [4.69, 9.17) is 17.2 Å². The summed E-state index contributed by atoms with van der Waals surface area (Å²) in [7, 11) is 0. The number of carbonyl (C=O) groups is 6. The van der Waals surface area contributed by atoms with Crippen LogP contribution >= 0.6 is 0 Å². The minimum Gasteiger partial charge on any atom is -0.394 e. The van der Waals surface area contributed by atoms with Gasteiger partial charge in [-0.15, -0.1) is 0 Å². The monoisotopic (exact) mass is 758 g/mol. The van der Waals surface area contributed by atoms with E-state index in [1.165, 1.54) is 0 Å². The van der Waals surface area contributed by atoms with Crippen LogP contribution in [0.3, 0.4) is 0 Å². The van der Waals surface area contributed by atoms with Gasteiger partial charge in [0.2, 0.25) is 35.4 Å². The van der Waals surface area contributed by atoms with Gasteiger partial charge in [-0.25, -0.2) is 0 Å². The highest BCUT2D eigenvalue weighted by molar-refractivity contribution is 5.96. The second-order valence-corrected chi connectivity index (χ2v) is 12.5. The summed E-state index contributed by atoms with van der Waals surface area (Å²) in [6.07, 6.45) is 0.516. The van der Waals surface area contributed by atoms with Crippen LogP contribution in [-0.2, 0) is 48.2 Å². The smallest absolute Gasteiger partial charge is 0.245 e. The fourth-order valence-electron chi connectivity index (χ4n) is 5.31. The van der Waals surface area contributed by atoms with Gasteiger partial charge in [-0.2, -0.15) is 0 Å². The van der Waals surface area contributed by atoms with Crippen LogP contribution < -0.4 is 49.1 Å². The van der Waals surface area contributed by atoms with Gasteiger partial charge in [-0.1, -0.05) is 91.0 Å². The molecule has 0 saturated carbocycles. The molecule has 55 heavy (non-hydrogen) atoms. The molecule has 3 aromatic rings. The minimum absolute atomic E-state index is 0.00191. The van der Waals surface area contributed by atoms with E-state index in [2.05, 4.69) is 36.9 Å². The Hall–Kier alpha value is -6.33. The third-order valence-corrected chi connectivity index (χ3v) is 8.18. The molecule has 0 spiro atoms. The van der Waals surface area contributed by atoms with Crippen molar-refractivity contribution >= 4 is 41.4 Å². The third kappa shape index (κ3) is 16.1. The summed E-state index contributed by atoms with van der Waals surface area (Å²) >= 11 is 0. The predicted octanol–water partition coefficient (Wildman–Crippen LogP) is -2.15. The molecule has 0 unspecified atom stereocenters. The maximum atomic E-state index is 13.9. The van der Waals surface area contributed by atoms with Gasteiger partial charge in [0, 0.05) is 25.9 Å². The number of aliphatic imine (C=N–C) groups is 1.